The Kier molecular flexibility index (Phi) is 4.39. The number of amides is 1. The minimum atomic E-state index is 0.0824. The van der Waals surface area contributed by atoms with E-state index >= 15 is 0 Å². The Morgan fingerprint density at radius 2 is 2.00 bits per heavy atom. The number of nitrogens with zero attached hydrogens (tertiary/aromatic N) is 1. The van der Waals surface area contributed by atoms with Crippen LogP contribution in [-0.4, -0.2) is 28.9 Å². The second-order valence-electron chi connectivity index (χ2n) is 5.57. The van der Waals surface area contributed by atoms with Gasteiger partial charge in [0.1, 0.15) is 0 Å². The fourth-order valence-electron chi connectivity index (χ4n) is 2.82. The monoisotopic (exact) mass is 312 g/mol. The van der Waals surface area contributed by atoms with Crippen LogP contribution in [0.3, 0.4) is 0 Å². The molecule has 4 heteroatoms. The number of carbonyl (C=O) groups excluding carboxylic acids is 1. The highest BCUT2D eigenvalue weighted by Crippen LogP contribution is 2.31. The first kappa shape index (κ1) is 15.0. The SMILES string of the molecule is Cc1ccc(N)cc1C(=O)N1CCSCC1c1ccccc1. The number of carbonyl (C=O) groups is 1. The molecule has 1 atom stereocenters. The zero-order valence-corrected chi connectivity index (χ0v) is 13.5. The average molecular weight is 312 g/mol. The molecular weight excluding hydrogens is 292 g/mol. The summed E-state index contributed by atoms with van der Waals surface area (Å²) in [6.07, 6.45) is 0. The number of hydrogen-bond donors (Lipinski definition) is 1. The van der Waals surface area contributed by atoms with Gasteiger partial charge in [-0.25, -0.2) is 0 Å². The molecule has 0 bridgehead atoms. The van der Waals surface area contributed by atoms with Crippen molar-refractivity contribution in [2.45, 2.75) is 13.0 Å². The molecule has 0 aliphatic carbocycles. The van der Waals surface area contributed by atoms with Crippen LogP contribution in [0.5, 0.6) is 0 Å². The van der Waals surface area contributed by atoms with Crippen LogP contribution >= 0.6 is 11.8 Å². The van der Waals surface area contributed by atoms with E-state index in [0.29, 0.717) is 11.3 Å². The van der Waals surface area contributed by atoms with Crippen LogP contribution in [-0.2, 0) is 0 Å². The quantitative estimate of drug-likeness (QED) is 0.863. The van der Waals surface area contributed by atoms with Gasteiger partial charge in [-0.2, -0.15) is 11.8 Å². The number of anilines is 1. The van der Waals surface area contributed by atoms with Gasteiger partial charge in [0.2, 0.25) is 0 Å². The summed E-state index contributed by atoms with van der Waals surface area (Å²) < 4.78 is 0. The Hall–Kier alpha value is -1.94. The van der Waals surface area contributed by atoms with E-state index in [0.717, 1.165) is 23.6 Å². The molecule has 1 fully saturated rings. The highest BCUT2D eigenvalue weighted by molar-refractivity contribution is 7.99. The summed E-state index contributed by atoms with van der Waals surface area (Å²) in [6, 6.07) is 16.0. The van der Waals surface area contributed by atoms with Gasteiger partial charge in [0.25, 0.3) is 5.91 Å². The lowest BCUT2D eigenvalue weighted by Crippen LogP contribution is -2.41. The molecule has 1 saturated heterocycles. The lowest BCUT2D eigenvalue weighted by molar-refractivity contribution is 0.0700. The zero-order chi connectivity index (χ0) is 15.5. The summed E-state index contributed by atoms with van der Waals surface area (Å²) >= 11 is 1.90. The van der Waals surface area contributed by atoms with Crippen LogP contribution in [0.15, 0.2) is 48.5 Å². The van der Waals surface area contributed by atoms with Crippen molar-refractivity contribution in [1.29, 1.82) is 0 Å². The Morgan fingerprint density at radius 1 is 1.23 bits per heavy atom. The molecule has 2 aromatic carbocycles. The number of thioether (sulfide) groups is 1. The fraction of sp³-hybridized carbons (Fsp3) is 0.278. The first-order valence-electron chi connectivity index (χ1n) is 7.46. The number of nitrogen functional groups attached to an aromatic ring is 1. The van der Waals surface area contributed by atoms with Gasteiger partial charge in [0.15, 0.2) is 0 Å². The van der Waals surface area contributed by atoms with E-state index in [1.807, 2.05) is 53.9 Å². The number of hydrogen-bond acceptors (Lipinski definition) is 3. The highest BCUT2D eigenvalue weighted by atomic mass is 32.2. The van der Waals surface area contributed by atoms with Crippen LogP contribution < -0.4 is 5.73 Å². The summed E-state index contributed by atoms with van der Waals surface area (Å²) in [5.74, 6) is 2.01. The van der Waals surface area contributed by atoms with Crippen LogP contribution in [0, 0.1) is 6.92 Å². The molecule has 0 aromatic heterocycles. The normalized spacial score (nSPS) is 18.2. The smallest absolute Gasteiger partial charge is 0.254 e. The third-order valence-electron chi connectivity index (χ3n) is 4.07. The Balaban J connectivity index is 1.93. The highest BCUT2D eigenvalue weighted by Gasteiger charge is 2.29. The van der Waals surface area contributed by atoms with Crippen LogP contribution in [0.1, 0.15) is 27.5 Å². The molecule has 1 unspecified atom stereocenters. The topological polar surface area (TPSA) is 46.3 Å². The maximum absolute atomic E-state index is 13.0. The van der Waals surface area contributed by atoms with E-state index in [2.05, 4.69) is 12.1 Å². The van der Waals surface area contributed by atoms with Crippen molar-refractivity contribution < 1.29 is 4.79 Å². The predicted octanol–water partition coefficient (Wildman–Crippen LogP) is 3.51. The molecule has 0 saturated carbocycles. The summed E-state index contributed by atoms with van der Waals surface area (Å²) in [7, 11) is 0. The fourth-order valence-corrected chi connectivity index (χ4v) is 3.91. The van der Waals surface area contributed by atoms with Crippen LogP contribution in [0.25, 0.3) is 0 Å². The third kappa shape index (κ3) is 2.97. The largest absolute Gasteiger partial charge is 0.399 e. The molecule has 1 aliphatic rings. The van der Waals surface area contributed by atoms with E-state index < -0.39 is 0 Å². The summed E-state index contributed by atoms with van der Waals surface area (Å²) in [4.78, 5) is 15.0. The molecule has 22 heavy (non-hydrogen) atoms. The van der Waals surface area contributed by atoms with Crippen LogP contribution in [0.2, 0.25) is 0 Å². The molecule has 3 nitrogen and oxygen atoms in total. The van der Waals surface area contributed by atoms with Crippen molar-refractivity contribution in [3.05, 3.63) is 65.2 Å². The molecule has 3 rings (SSSR count). The predicted molar refractivity (Wildman–Crippen MR) is 93.1 cm³/mol. The summed E-state index contributed by atoms with van der Waals surface area (Å²) in [5.41, 5.74) is 9.39. The molecule has 0 radical (unpaired) electrons. The maximum atomic E-state index is 13.0. The van der Waals surface area contributed by atoms with Gasteiger partial charge < -0.3 is 10.6 Å². The number of rotatable bonds is 2. The molecule has 114 valence electrons. The van der Waals surface area contributed by atoms with Gasteiger partial charge in [0, 0.05) is 29.3 Å². The third-order valence-corrected chi connectivity index (χ3v) is 5.09. The molecule has 2 N–H and O–H groups in total. The van der Waals surface area contributed by atoms with Gasteiger partial charge in [-0.05, 0) is 30.2 Å². The van der Waals surface area contributed by atoms with E-state index in [1.54, 1.807) is 6.07 Å². The van der Waals surface area contributed by atoms with E-state index in [4.69, 9.17) is 5.73 Å². The van der Waals surface area contributed by atoms with Gasteiger partial charge >= 0.3 is 0 Å². The van der Waals surface area contributed by atoms with Crippen molar-refractivity contribution in [2.75, 3.05) is 23.8 Å². The number of benzene rings is 2. The Morgan fingerprint density at radius 3 is 2.77 bits per heavy atom. The molecule has 1 aliphatic heterocycles. The minimum absolute atomic E-state index is 0.0824. The number of nitrogens with two attached hydrogens (primary N) is 1. The van der Waals surface area contributed by atoms with Crippen LogP contribution in [0.4, 0.5) is 5.69 Å². The second kappa shape index (κ2) is 6.44. The van der Waals surface area contributed by atoms with Gasteiger partial charge in [-0.15, -0.1) is 0 Å². The Labute approximate surface area is 135 Å². The van der Waals surface area contributed by atoms with Crippen molar-refractivity contribution in [3.8, 4) is 0 Å². The Bertz CT molecular complexity index is 672. The lowest BCUT2D eigenvalue weighted by atomic mass is 10.0. The van der Waals surface area contributed by atoms with Crippen molar-refractivity contribution >= 4 is 23.4 Å². The molecule has 0 spiro atoms. The maximum Gasteiger partial charge on any atom is 0.254 e. The van der Waals surface area contributed by atoms with Crippen molar-refractivity contribution in [3.63, 3.8) is 0 Å². The first-order valence-corrected chi connectivity index (χ1v) is 8.62. The van der Waals surface area contributed by atoms with E-state index in [9.17, 15) is 4.79 Å². The van der Waals surface area contributed by atoms with Gasteiger partial charge in [-0.3, -0.25) is 4.79 Å². The summed E-state index contributed by atoms with van der Waals surface area (Å²) in [5, 5.41) is 0. The summed E-state index contributed by atoms with van der Waals surface area (Å²) in [6.45, 7) is 2.74. The minimum Gasteiger partial charge on any atom is -0.399 e. The molecule has 1 heterocycles. The standard InChI is InChI=1S/C18H20N2OS/c1-13-7-8-15(19)11-16(13)18(21)20-9-10-22-12-17(20)14-5-3-2-4-6-14/h2-8,11,17H,9-10,12,19H2,1H3. The lowest BCUT2D eigenvalue weighted by Gasteiger charge is -2.36. The van der Waals surface area contributed by atoms with Crippen molar-refractivity contribution in [1.82, 2.24) is 4.90 Å². The van der Waals surface area contributed by atoms with E-state index in [1.165, 1.54) is 5.56 Å². The first-order chi connectivity index (χ1) is 10.7. The molecular formula is C18H20N2OS. The van der Waals surface area contributed by atoms with Crippen molar-refractivity contribution in [2.24, 2.45) is 0 Å². The molecule has 2 aromatic rings. The average Bonchev–Trinajstić information content (AvgIpc) is 2.57. The van der Waals surface area contributed by atoms with Gasteiger partial charge in [0.05, 0.1) is 6.04 Å². The zero-order valence-electron chi connectivity index (χ0n) is 12.7. The number of aryl methyl sites for hydroxylation is 1. The molecule has 1 amide bonds. The second-order valence-corrected chi connectivity index (χ2v) is 6.72. The van der Waals surface area contributed by atoms with E-state index in [-0.39, 0.29) is 11.9 Å². The van der Waals surface area contributed by atoms with Gasteiger partial charge in [-0.1, -0.05) is 36.4 Å².